The number of likely N-dealkylation sites (tertiary alicyclic amines) is 1. The van der Waals surface area contributed by atoms with Gasteiger partial charge in [0.2, 0.25) is 0 Å². The average molecular weight is 280 g/mol. The summed E-state index contributed by atoms with van der Waals surface area (Å²) in [5, 5.41) is 6.18. The molecule has 0 aromatic rings. The molecule has 3 amide bonds. The van der Waals surface area contributed by atoms with Crippen LogP contribution in [-0.2, 0) is 4.79 Å². The Morgan fingerprint density at radius 3 is 2.65 bits per heavy atom. The van der Waals surface area contributed by atoms with Crippen LogP contribution >= 0.6 is 0 Å². The van der Waals surface area contributed by atoms with Gasteiger partial charge in [0.1, 0.15) is 5.54 Å². The minimum Gasteiger partial charge on any atom is -0.324 e. The maximum Gasteiger partial charge on any atom is 0.325 e. The van der Waals surface area contributed by atoms with Crippen molar-refractivity contribution in [3.63, 3.8) is 0 Å². The third-order valence-electron chi connectivity index (χ3n) is 4.87. The van der Waals surface area contributed by atoms with Crippen molar-refractivity contribution in [1.29, 1.82) is 0 Å². The molecule has 0 radical (unpaired) electrons. The third kappa shape index (κ3) is 2.42. The number of carbonyl (C=O) groups excluding carboxylic acids is 2. The number of hydrogen-bond donors (Lipinski definition) is 2. The molecule has 0 saturated carbocycles. The molecule has 112 valence electrons. The zero-order valence-electron chi connectivity index (χ0n) is 12.3. The smallest absolute Gasteiger partial charge is 0.324 e. The predicted molar refractivity (Wildman–Crippen MR) is 75.2 cm³/mol. The molecular weight excluding hydrogens is 256 g/mol. The van der Waals surface area contributed by atoms with Crippen molar-refractivity contribution >= 4 is 11.9 Å². The van der Waals surface area contributed by atoms with Crippen LogP contribution in [0.4, 0.5) is 4.79 Å². The highest BCUT2D eigenvalue weighted by Crippen LogP contribution is 2.26. The molecule has 0 aliphatic carbocycles. The molecule has 6 nitrogen and oxygen atoms in total. The van der Waals surface area contributed by atoms with E-state index in [0.29, 0.717) is 6.54 Å². The summed E-state index contributed by atoms with van der Waals surface area (Å²) in [7, 11) is 0. The Hall–Kier alpha value is -1.14. The molecule has 2 unspecified atom stereocenters. The van der Waals surface area contributed by atoms with Gasteiger partial charge >= 0.3 is 6.03 Å². The number of urea groups is 1. The van der Waals surface area contributed by atoms with E-state index in [1.54, 1.807) is 13.8 Å². The number of fused-ring (bicyclic) bond motifs is 1. The van der Waals surface area contributed by atoms with Crippen molar-refractivity contribution in [1.82, 2.24) is 20.4 Å². The maximum absolute atomic E-state index is 12.1. The van der Waals surface area contributed by atoms with Crippen molar-refractivity contribution in [2.24, 2.45) is 11.8 Å². The molecule has 3 fully saturated rings. The number of piperidine rings is 1. The zero-order chi connectivity index (χ0) is 14.3. The van der Waals surface area contributed by atoms with Crippen LogP contribution in [0.1, 0.15) is 20.3 Å². The second kappa shape index (κ2) is 5.00. The Labute approximate surface area is 119 Å². The summed E-state index contributed by atoms with van der Waals surface area (Å²) < 4.78 is 0. The molecule has 0 aromatic carbocycles. The summed E-state index contributed by atoms with van der Waals surface area (Å²) >= 11 is 0. The van der Waals surface area contributed by atoms with E-state index in [1.165, 1.54) is 11.3 Å². The van der Waals surface area contributed by atoms with Crippen molar-refractivity contribution in [3.8, 4) is 0 Å². The number of nitrogens with zero attached hydrogens (tertiary/aromatic N) is 2. The third-order valence-corrected chi connectivity index (χ3v) is 4.87. The van der Waals surface area contributed by atoms with Gasteiger partial charge in [-0.15, -0.1) is 0 Å². The lowest BCUT2D eigenvalue weighted by Gasteiger charge is -2.35. The molecule has 6 heteroatoms. The summed E-state index contributed by atoms with van der Waals surface area (Å²) in [6, 6.07) is -0.252. The van der Waals surface area contributed by atoms with Gasteiger partial charge in [-0.05, 0) is 51.7 Å². The molecule has 3 heterocycles. The van der Waals surface area contributed by atoms with E-state index in [2.05, 4.69) is 15.5 Å². The van der Waals surface area contributed by atoms with Gasteiger partial charge in [0.15, 0.2) is 0 Å². The Kier molecular flexibility index (Phi) is 3.46. The van der Waals surface area contributed by atoms with Crippen LogP contribution in [0, 0.1) is 11.8 Å². The van der Waals surface area contributed by atoms with Gasteiger partial charge in [-0.25, -0.2) is 4.79 Å². The Balaban J connectivity index is 1.52. The van der Waals surface area contributed by atoms with E-state index in [1.807, 2.05) is 0 Å². The lowest BCUT2D eigenvalue weighted by molar-refractivity contribution is -0.130. The van der Waals surface area contributed by atoms with E-state index in [4.69, 9.17) is 0 Å². The summed E-state index contributed by atoms with van der Waals surface area (Å²) in [6.07, 6.45) is 1.23. The molecule has 3 aliphatic heterocycles. The number of carbonyl (C=O) groups is 2. The Morgan fingerprint density at radius 2 is 1.95 bits per heavy atom. The molecule has 3 rings (SSSR count). The van der Waals surface area contributed by atoms with Gasteiger partial charge in [-0.3, -0.25) is 9.69 Å². The normalized spacial score (nSPS) is 33.4. The lowest BCUT2D eigenvalue weighted by Crippen LogP contribution is -2.45. The monoisotopic (exact) mass is 280 g/mol. The maximum atomic E-state index is 12.1. The number of rotatable bonds is 3. The highest BCUT2D eigenvalue weighted by molar-refractivity contribution is 6.06. The first-order chi connectivity index (χ1) is 9.47. The number of hydrogen-bond acceptors (Lipinski definition) is 4. The van der Waals surface area contributed by atoms with Gasteiger partial charge in [-0.1, -0.05) is 0 Å². The van der Waals surface area contributed by atoms with E-state index in [0.717, 1.165) is 44.6 Å². The fourth-order valence-corrected chi connectivity index (χ4v) is 3.58. The highest BCUT2D eigenvalue weighted by Gasteiger charge is 2.44. The standard InChI is InChI=1S/C14H24N4O2/c1-14(2)12(19)18(13(20)16-14)6-5-17-4-3-10-7-15-8-11(10)9-17/h10-11,15H,3-9H2,1-2H3,(H,16,20). The molecule has 2 atom stereocenters. The first-order valence-corrected chi connectivity index (χ1v) is 7.54. The van der Waals surface area contributed by atoms with Gasteiger partial charge in [-0.2, -0.15) is 0 Å². The first kappa shape index (κ1) is 13.8. The second-order valence-electron chi connectivity index (χ2n) is 6.78. The summed E-state index contributed by atoms with van der Waals surface area (Å²) in [5.41, 5.74) is -0.751. The van der Waals surface area contributed by atoms with Crippen LogP contribution in [-0.4, -0.2) is 66.5 Å². The summed E-state index contributed by atoms with van der Waals surface area (Å²) in [4.78, 5) is 27.7. The minimum atomic E-state index is -0.751. The summed E-state index contributed by atoms with van der Waals surface area (Å²) in [5.74, 6) is 1.45. The molecule has 0 bridgehead atoms. The van der Waals surface area contributed by atoms with Crippen LogP contribution in [0.15, 0.2) is 0 Å². The van der Waals surface area contributed by atoms with Crippen LogP contribution in [0.5, 0.6) is 0 Å². The van der Waals surface area contributed by atoms with Gasteiger partial charge in [0, 0.05) is 19.6 Å². The predicted octanol–water partition coefficient (Wildman–Crippen LogP) is -0.142. The Bertz CT molecular complexity index is 423. The number of nitrogens with one attached hydrogen (secondary N) is 2. The SMILES string of the molecule is CC1(C)NC(=O)N(CCN2CCC3CNCC3C2)C1=O. The summed E-state index contributed by atoms with van der Waals surface area (Å²) in [6.45, 7) is 9.22. The molecule has 3 saturated heterocycles. The van der Waals surface area contributed by atoms with Crippen LogP contribution in [0.3, 0.4) is 0 Å². The van der Waals surface area contributed by atoms with Crippen LogP contribution in [0.25, 0.3) is 0 Å². The van der Waals surface area contributed by atoms with Gasteiger partial charge < -0.3 is 15.5 Å². The quantitative estimate of drug-likeness (QED) is 0.706. The molecule has 0 aromatic heterocycles. The van der Waals surface area contributed by atoms with Gasteiger partial charge in [0.05, 0.1) is 0 Å². The topological polar surface area (TPSA) is 64.7 Å². The second-order valence-corrected chi connectivity index (χ2v) is 6.78. The van der Waals surface area contributed by atoms with Crippen molar-refractivity contribution in [2.75, 3.05) is 39.3 Å². The molecule has 0 spiro atoms. The van der Waals surface area contributed by atoms with E-state index >= 15 is 0 Å². The molecule has 2 N–H and O–H groups in total. The first-order valence-electron chi connectivity index (χ1n) is 7.54. The largest absolute Gasteiger partial charge is 0.325 e. The fourth-order valence-electron chi connectivity index (χ4n) is 3.58. The van der Waals surface area contributed by atoms with Crippen LogP contribution in [0.2, 0.25) is 0 Å². The Morgan fingerprint density at radius 1 is 1.20 bits per heavy atom. The lowest BCUT2D eigenvalue weighted by atomic mass is 9.89. The molecule has 3 aliphatic rings. The fraction of sp³-hybridized carbons (Fsp3) is 0.857. The average Bonchev–Trinajstić information content (AvgIpc) is 2.91. The molecular formula is C14H24N4O2. The minimum absolute atomic E-state index is 0.111. The molecule has 20 heavy (non-hydrogen) atoms. The highest BCUT2D eigenvalue weighted by atomic mass is 16.2. The van der Waals surface area contributed by atoms with E-state index in [-0.39, 0.29) is 11.9 Å². The number of amides is 3. The van der Waals surface area contributed by atoms with E-state index in [9.17, 15) is 9.59 Å². The van der Waals surface area contributed by atoms with Crippen LogP contribution < -0.4 is 10.6 Å². The zero-order valence-corrected chi connectivity index (χ0v) is 12.3. The van der Waals surface area contributed by atoms with E-state index < -0.39 is 5.54 Å². The van der Waals surface area contributed by atoms with Gasteiger partial charge in [0.25, 0.3) is 5.91 Å². The van der Waals surface area contributed by atoms with Crippen molar-refractivity contribution in [2.45, 2.75) is 25.8 Å². The number of imide groups is 1. The van der Waals surface area contributed by atoms with Crippen molar-refractivity contribution < 1.29 is 9.59 Å². The van der Waals surface area contributed by atoms with Crippen molar-refractivity contribution in [3.05, 3.63) is 0 Å².